The van der Waals surface area contributed by atoms with Gasteiger partial charge < -0.3 is 4.43 Å². The lowest BCUT2D eigenvalue weighted by Gasteiger charge is -2.33. The number of hydrogen-bond acceptors (Lipinski definition) is 2. The van der Waals surface area contributed by atoms with Crippen molar-refractivity contribution in [3.8, 4) is 0 Å². The maximum atomic E-state index is 6.84. The van der Waals surface area contributed by atoms with E-state index in [0.29, 0.717) is 0 Å². The third-order valence-electron chi connectivity index (χ3n) is 4.94. The van der Waals surface area contributed by atoms with Gasteiger partial charge in [-0.05, 0) is 81.4 Å². The molecule has 2 rings (SSSR count). The maximum Gasteiger partial charge on any atom is 0.192 e. The molecule has 4 heteroatoms. The van der Waals surface area contributed by atoms with Crippen LogP contribution in [0.2, 0.25) is 18.1 Å². The smallest absolute Gasteiger partial charge is 0.192 e. The van der Waals surface area contributed by atoms with Crippen LogP contribution in [0.5, 0.6) is 0 Å². The Bertz CT molecular complexity index is 685. The Hall–Kier alpha value is -0.723. The molecule has 0 unspecified atom stereocenters. The average Bonchev–Trinajstić information content (AvgIpc) is 2.62. The van der Waals surface area contributed by atoms with E-state index in [9.17, 15) is 0 Å². The number of nitrogens with zero attached hydrogens (tertiary/aromatic N) is 1. The molecule has 0 spiro atoms. The van der Waals surface area contributed by atoms with E-state index in [-0.39, 0.29) is 6.10 Å². The van der Waals surface area contributed by atoms with Crippen LogP contribution in [-0.4, -0.2) is 13.3 Å². The van der Waals surface area contributed by atoms with E-state index in [1.54, 1.807) is 0 Å². The van der Waals surface area contributed by atoms with Crippen LogP contribution < -0.4 is 0 Å². The maximum absolute atomic E-state index is 6.84. The summed E-state index contributed by atoms with van der Waals surface area (Å²) in [6.45, 7) is 9.02. The zero-order chi connectivity index (χ0) is 17.6. The fraction of sp³-hybridized carbons (Fsp3) is 0.450. The molecule has 1 atom stereocenters. The largest absolute Gasteiger partial charge is 0.410 e. The first-order chi connectivity index (χ1) is 11.5. The Kier molecular flexibility index (Phi) is 7.44. The average molecular weight is 453 g/mol. The van der Waals surface area contributed by atoms with E-state index in [0.717, 1.165) is 11.9 Å². The van der Waals surface area contributed by atoms with Gasteiger partial charge in [0, 0.05) is 11.6 Å². The van der Waals surface area contributed by atoms with Gasteiger partial charge in [-0.2, -0.15) is 0 Å². The molecule has 0 aliphatic carbocycles. The van der Waals surface area contributed by atoms with Crippen LogP contribution in [0.4, 0.5) is 0 Å². The lowest BCUT2D eigenvalue weighted by molar-refractivity contribution is 0.193. The molecular weight excluding hydrogens is 425 g/mol. The van der Waals surface area contributed by atoms with Crippen LogP contribution in [0.3, 0.4) is 0 Å². The molecule has 2 aromatic rings. The summed E-state index contributed by atoms with van der Waals surface area (Å²) in [5.74, 6) is 0. The molecule has 0 N–H and O–H groups in total. The minimum Gasteiger partial charge on any atom is -0.410 e. The van der Waals surface area contributed by atoms with Crippen LogP contribution >= 0.6 is 22.6 Å². The first kappa shape index (κ1) is 19.6. The molecular formula is C20H28INOSi. The van der Waals surface area contributed by atoms with Crippen LogP contribution in [0, 0.1) is 0 Å². The van der Waals surface area contributed by atoms with E-state index < -0.39 is 8.32 Å². The summed E-state index contributed by atoms with van der Waals surface area (Å²) in [5, 5.41) is 1.19. The van der Waals surface area contributed by atoms with Crippen molar-refractivity contribution in [2.24, 2.45) is 0 Å². The van der Waals surface area contributed by atoms with Gasteiger partial charge in [0.25, 0.3) is 0 Å². The van der Waals surface area contributed by atoms with E-state index in [2.05, 4.69) is 85.6 Å². The SMILES string of the molecule is CC[Si](CC)(CC)O[C@H](C/C=C(/C)I)c1ccc2ncccc2c1. The molecule has 0 fully saturated rings. The zero-order valence-electron chi connectivity index (χ0n) is 15.2. The van der Waals surface area contributed by atoms with Crippen molar-refractivity contribution in [2.45, 2.75) is 58.4 Å². The summed E-state index contributed by atoms with van der Waals surface area (Å²) in [7, 11) is -1.65. The molecule has 0 bridgehead atoms. The molecule has 0 aliphatic heterocycles. The number of benzene rings is 1. The second-order valence-corrected chi connectivity index (χ2v) is 12.8. The number of fused-ring (bicyclic) bond motifs is 1. The Morgan fingerprint density at radius 3 is 2.54 bits per heavy atom. The fourth-order valence-corrected chi connectivity index (χ4v) is 6.21. The molecule has 2 nitrogen and oxygen atoms in total. The molecule has 1 aromatic carbocycles. The number of aromatic nitrogens is 1. The molecule has 0 radical (unpaired) electrons. The first-order valence-electron chi connectivity index (χ1n) is 8.88. The van der Waals surface area contributed by atoms with Gasteiger partial charge in [-0.15, -0.1) is 0 Å². The molecule has 1 aromatic heterocycles. The highest BCUT2D eigenvalue weighted by molar-refractivity contribution is 14.1. The van der Waals surface area contributed by atoms with Gasteiger partial charge in [-0.3, -0.25) is 4.98 Å². The minimum absolute atomic E-state index is 0.144. The fourth-order valence-electron chi connectivity index (χ4n) is 3.12. The normalized spacial score (nSPS) is 14.1. The van der Waals surface area contributed by atoms with E-state index in [4.69, 9.17) is 4.43 Å². The van der Waals surface area contributed by atoms with E-state index in [1.807, 2.05) is 12.3 Å². The number of allylic oxidation sites excluding steroid dienone is 1. The summed E-state index contributed by atoms with van der Waals surface area (Å²) in [6, 6.07) is 14.2. The summed E-state index contributed by atoms with van der Waals surface area (Å²) >= 11 is 2.38. The Balaban J connectivity index is 2.38. The highest BCUT2D eigenvalue weighted by Crippen LogP contribution is 2.33. The van der Waals surface area contributed by atoms with Crippen LogP contribution in [0.25, 0.3) is 10.9 Å². The lowest BCUT2D eigenvalue weighted by atomic mass is 10.0. The van der Waals surface area contributed by atoms with Crippen LogP contribution in [0.15, 0.2) is 46.2 Å². The van der Waals surface area contributed by atoms with Crippen molar-refractivity contribution in [3.63, 3.8) is 0 Å². The van der Waals surface area contributed by atoms with E-state index in [1.165, 1.54) is 32.7 Å². The minimum atomic E-state index is -1.65. The van der Waals surface area contributed by atoms with Crippen molar-refractivity contribution >= 4 is 41.8 Å². The predicted octanol–water partition coefficient (Wildman–Crippen LogP) is 7.03. The third kappa shape index (κ3) is 4.89. The molecule has 1 heterocycles. The number of hydrogen-bond donors (Lipinski definition) is 0. The molecule has 0 aliphatic rings. The Labute approximate surface area is 161 Å². The first-order valence-corrected chi connectivity index (χ1v) is 12.5. The zero-order valence-corrected chi connectivity index (χ0v) is 18.3. The van der Waals surface area contributed by atoms with Crippen molar-refractivity contribution in [3.05, 3.63) is 51.7 Å². The molecule has 24 heavy (non-hydrogen) atoms. The number of rotatable bonds is 8. The number of pyridine rings is 1. The highest BCUT2D eigenvalue weighted by atomic mass is 127. The molecule has 130 valence electrons. The van der Waals surface area contributed by atoms with Crippen LogP contribution in [0.1, 0.15) is 45.8 Å². The van der Waals surface area contributed by atoms with Crippen molar-refractivity contribution in [2.75, 3.05) is 0 Å². The van der Waals surface area contributed by atoms with Gasteiger partial charge in [-0.1, -0.05) is 39.0 Å². The second kappa shape index (κ2) is 9.11. The summed E-state index contributed by atoms with van der Waals surface area (Å²) < 4.78 is 8.16. The predicted molar refractivity (Wildman–Crippen MR) is 115 cm³/mol. The standard InChI is InChI=1S/C20H28INOSi/c1-5-24(6-2,7-3)23-20(13-10-16(4)21)18-11-12-19-17(15-18)9-8-14-22-19/h8-12,14-15,20H,5-7,13H2,1-4H3/b16-10-/t20-/m1/s1. The summed E-state index contributed by atoms with van der Waals surface area (Å²) in [5.41, 5.74) is 2.32. The van der Waals surface area contributed by atoms with Gasteiger partial charge in [0.05, 0.1) is 11.6 Å². The van der Waals surface area contributed by atoms with Crippen LogP contribution in [-0.2, 0) is 4.43 Å². The van der Waals surface area contributed by atoms with Gasteiger partial charge in [-0.25, -0.2) is 0 Å². The monoisotopic (exact) mass is 453 g/mol. The van der Waals surface area contributed by atoms with Crippen molar-refractivity contribution in [1.29, 1.82) is 0 Å². The summed E-state index contributed by atoms with van der Waals surface area (Å²) in [6.07, 6.45) is 5.22. The number of halogens is 1. The van der Waals surface area contributed by atoms with Gasteiger partial charge in [0.15, 0.2) is 8.32 Å². The molecule has 0 amide bonds. The van der Waals surface area contributed by atoms with Gasteiger partial charge in [0.1, 0.15) is 0 Å². The molecule has 0 saturated carbocycles. The van der Waals surface area contributed by atoms with Gasteiger partial charge in [0.2, 0.25) is 0 Å². The Morgan fingerprint density at radius 1 is 1.21 bits per heavy atom. The second-order valence-electron chi connectivity index (χ2n) is 6.33. The van der Waals surface area contributed by atoms with Crippen molar-refractivity contribution < 1.29 is 4.43 Å². The summed E-state index contributed by atoms with van der Waals surface area (Å²) in [4.78, 5) is 4.43. The lowest BCUT2D eigenvalue weighted by Crippen LogP contribution is -2.37. The Morgan fingerprint density at radius 2 is 1.92 bits per heavy atom. The van der Waals surface area contributed by atoms with Crippen molar-refractivity contribution in [1.82, 2.24) is 4.98 Å². The van der Waals surface area contributed by atoms with Gasteiger partial charge >= 0.3 is 0 Å². The quantitative estimate of drug-likeness (QED) is 0.316. The third-order valence-corrected chi connectivity index (χ3v) is 10.0. The topological polar surface area (TPSA) is 22.1 Å². The highest BCUT2D eigenvalue weighted by Gasteiger charge is 2.32. The molecule has 0 saturated heterocycles. The van der Waals surface area contributed by atoms with E-state index >= 15 is 0 Å².